The Morgan fingerprint density at radius 2 is 1.82 bits per heavy atom. The molecule has 222 valence electrons. The summed E-state index contributed by atoms with van der Waals surface area (Å²) in [7, 11) is 0. The fraction of sp³-hybridized carbons (Fsp3) is 0.0857. The summed E-state index contributed by atoms with van der Waals surface area (Å²) in [5.74, 6) is -0.347. The number of ether oxygens (including phenoxy) is 1. The highest BCUT2D eigenvalue weighted by Gasteiger charge is 2.32. The summed E-state index contributed by atoms with van der Waals surface area (Å²) < 4.78 is 21.9. The van der Waals surface area contributed by atoms with Gasteiger partial charge in [-0.15, -0.1) is 0 Å². The number of nitrogens with zero attached hydrogens (tertiary/aromatic N) is 3. The Morgan fingerprint density at radius 3 is 2.53 bits per heavy atom. The van der Waals surface area contributed by atoms with Crippen molar-refractivity contribution in [1.29, 1.82) is 5.26 Å². The fourth-order valence-electron chi connectivity index (χ4n) is 5.03. The number of thiazole rings is 1. The van der Waals surface area contributed by atoms with Gasteiger partial charge in [0.1, 0.15) is 18.2 Å². The van der Waals surface area contributed by atoms with E-state index in [0.29, 0.717) is 48.2 Å². The second-order valence-electron chi connectivity index (χ2n) is 10.2. The van der Waals surface area contributed by atoms with Crippen LogP contribution in [0.4, 0.5) is 10.1 Å². The van der Waals surface area contributed by atoms with E-state index < -0.39 is 17.8 Å². The lowest BCUT2D eigenvalue weighted by Crippen LogP contribution is -2.40. The number of anilines is 1. The number of amides is 1. The second-order valence-corrected chi connectivity index (χ2v) is 11.7. The number of hydrogen-bond donors (Lipinski definition) is 1. The van der Waals surface area contributed by atoms with Crippen molar-refractivity contribution in [3.8, 4) is 11.8 Å². The SMILES string of the molecule is CC1=C(C(=O)Nc2ccccc2)[C@@H](c2ccc(F)cc2)n2c(s/c(=C/c3cc(Cl)ccc3OCc3ccc(C#N)cc3)c2=O)=N1. The van der Waals surface area contributed by atoms with Crippen molar-refractivity contribution in [2.24, 2.45) is 4.99 Å². The van der Waals surface area contributed by atoms with Crippen LogP contribution in [0.25, 0.3) is 6.08 Å². The number of nitriles is 1. The lowest BCUT2D eigenvalue weighted by Gasteiger charge is -2.25. The van der Waals surface area contributed by atoms with Gasteiger partial charge in [-0.2, -0.15) is 5.26 Å². The number of allylic oxidation sites excluding steroid dienone is 1. The number of nitrogens with one attached hydrogen (secondary N) is 1. The molecule has 5 aromatic rings. The molecule has 2 heterocycles. The number of aromatic nitrogens is 1. The summed E-state index contributed by atoms with van der Waals surface area (Å²) in [5, 5.41) is 12.4. The van der Waals surface area contributed by atoms with Crippen LogP contribution in [0.2, 0.25) is 5.02 Å². The molecule has 0 fully saturated rings. The molecule has 0 saturated carbocycles. The average Bonchev–Trinajstić information content (AvgIpc) is 3.34. The van der Waals surface area contributed by atoms with Crippen LogP contribution in [-0.2, 0) is 11.4 Å². The molecule has 0 saturated heterocycles. The topological polar surface area (TPSA) is 96.5 Å². The lowest BCUT2D eigenvalue weighted by molar-refractivity contribution is -0.113. The van der Waals surface area contributed by atoms with Crippen LogP contribution in [0.15, 0.2) is 118 Å². The van der Waals surface area contributed by atoms with Crippen molar-refractivity contribution < 1.29 is 13.9 Å². The monoisotopic (exact) mass is 634 g/mol. The molecule has 10 heteroatoms. The summed E-state index contributed by atoms with van der Waals surface area (Å²) in [5.41, 5.74) is 3.50. The van der Waals surface area contributed by atoms with Crippen LogP contribution in [-0.4, -0.2) is 10.5 Å². The van der Waals surface area contributed by atoms with Gasteiger partial charge >= 0.3 is 0 Å². The van der Waals surface area contributed by atoms with Crippen LogP contribution >= 0.6 is 22.9 Å². The smallest absolute Gasteiger partial charge is 0.271 e. The first-order valence-corrected chi connectivity index (χ1v) is 15.1. The molecule has 1 N–H and O–H groups in total. The largest absolute Gasteiger partial charge is 0.488 e. The van der Waals surface area contributed by atoms with Crippen molar-refractivity contribution in [3.63, 3.8) is 0 Å². The number of halogens is 2. The Morgan fingerprint density at radius 1 is 1.09 bits per heavy atom. The Labute approximate surface area is 266 Å². The third kappa shape index (κ3) is 6.34. The minimum absolute atomic E-state index is 0.235. The predicted molar refractivity (Wildman–Crippen MR) is 172 cm³/mol. The second kappa shape index (κ2) is 12.7. The third-order valence-corrected chi connectivity index (χ3v) is 8.44. The average molecular weight is 635 g/mol. The molecule has 0 bridgehead atoms. The van der Waals surface area contributed by atoms with Gasteiger partial charge in [0.2, 0.25) is 0 Å². The normalized spacial score (nSPS) is 14.4. The Hall–Kier alpha value is -5.30. The number of fused-ring (bicyclic) bond motifs is 1. The van der Waals surface area contributed by atoms with Gasteiger partial charge in [-0.3, -0.25) is 14.2 Å². The van der Waals surface area contributed by atoms with E-state index in [1.54, 1.807) is 79.7 Å². The molecule has 1 aromatic heterocycles. The zero-order chi connectivity index (χ0) is 31.5. The lowest BCUT2D eigenvalue weighted by atomic mass is 9.95. The minimum atomic E-state index is -0.848. The van der Waals surface area contributed by atoms with Gasteiger partial charge in [0.05, 0.1) is 33.5 Å². The summed E-state index contributed by atoms with van der Waals surface area (Å²) in [4.78, 5) is 32.8. The first kappa shape index (κ1) is 29.8. The number of para-hydroxylation sites is 1. The Bertz CT molecular complexity index is 2170. The molecule has 1 aliphatic rings. The van der Waals surface area contributed by atoms with Gasteiger partial charge in [-0.25, -0.2) is 9.38 Å². The summed E-state index contributed by atoms with van der Waals surface area (Å²) in [6, 6.07) is 28.2. The van der Waals surface area contributed by atoms with Gasteiger partial charge in [-0.1, -0.05) is 65.4 Å². The first-order chi connectivity index (χ1) is 21.8. The fourth-order valence-corrected chi connectivity index (χ4v) is 6.25. The zero-order valence-electron chi connectivity index (χ0n) is 23.8. The molecule has 1 amide bonds. The van der Waals surface area contributed by atoms with Crippen LogP contribution in [0, 0.1) is 17.1 Å². The molecule has 45 heavy (non-hydrogen) atoms. The molecule has 1 aliphatic heterocycles. The number of carbonyl (C=O) groups excluding carboxylic acids is 1. The third-order valence-electron chi connectivity index (χ3n) is 7.22. The molecule has 1 atom stereocenters. The van der Waals surface area contributed by atoms with Crippen molar-refractivity contribution >= 4 is 40.6 Å². The van der Waals surface area contributed by atoms with E-state index in [-0.39, 0.29) is 17.7 Å². The van der Waals surface area contributed by atoms with E-state index in [4.69, 9.17) is 21.6 Å². The number of rotatable bonds is 7. The van der Waals surface area contributed by atoms with Crippen LogP contribution < -0.4 is 24.9 Å². The predicted octanol–water partition coefficient (Wildman–Crippen LogP) is 6.12. The molecule has 0 aliphatic carbocycles. The number of carbonyl (C=O) groups is 1. The molecule has 0 unspecified atom stereocenters. The Balaban J connectivity index is 1.42. The van der Waals surface area contributed by atoms with Gasteiger partial charge in [-0.05, 0) is 78.7 Å². The van der Waals surface area contributed by atoms with E-state index >= 15 is 0 Å². The molecular weight excluding hydrogens is 611 g/mol. The maximum absolute atomic E-state index is 14.1. The van der Waals surface area contributed by atoms with Crippen molar-refractivity contribution in [1.82, 2.24) is 4.57 Å². The summed E-state index contributed by atoms with van der Waals surface area (Å²) in [6.45, 7) is 1.96. The maximum atomic E-state index is 14.1. The quantitative estimate of drug-likeness (QED) is 0.233. The first-order valence-electron chi connectivity index (χ1n) is 13.9. The van der Waals surface area contributed by atoms with Crippen LogP contribution in [0.1, 0.15) is 35.2 Å². The van der Waals surface area contributed by atoms with E-state index in [0.717, 1.165) is 5.56 Å². The van der Waals surface area contributed by atoms with Crippen LogP contribution in [0.5, 0.6) is 5.75 Å². The molecule has 6 rings (SSSR count). The number of benzene rings is 4. The van der Waals surface area contributed by atoms with Crippen molar-refractivity contribution in [2.45, 2.75) is 19.6 Å². The maximum Gasteiger partial charge on any atom is 0.271 e. The number of hydrogen-bond acceptors (Lipinski definition) is 6. The minimum Gasteiger partial charge on any atom is -0.488 e. The highest BCUT2D eigenvalue weighted by Crippen LogP contribution is 2.31. The van der Waals surface area contributed by atoms with Crippen molar-refractivity contribution in [3.05, 3.63) is 161 Å². The van der Waals surface area contributed by atoms with E-state index in [1.807, 2.05) is 18.2 Å². The molecular formula is C35H24ClFN4O3S. The zero-order valence-corrected chi connectivity index (χ0v) is 25.4. The van der Waals surface area contributed by atoms with E-state index in [1.165, 1.54) is 28.0 Å². The van der Waals surface area contributed by atoms with Gasteiger partial charge in [0.15, 0.2) is 4.80 Å². The highest BCUT2D eigenvalue weighted by atomic mass is 35.5. The van der Waals surface area contributed by atoms with Gasteiger partial charge < -0.3 is 10.1 Å². The van der Waals surface area contributed by atoms with E-state index in [2.05, 4.69) is 16.4 Å². The van der Waals surface area contributed by atoms with Crippen molar-refractivity contribution in [2.75, 3.05) is 5.32 Å². The molecule has 7 nitrogen and oxygen atoms in total. The summed E-state index contributed by atoms with van der Waals surface area (Å²) in [6.07, 6.45) is 1.69. The Kier molecular flexibility index (Phi) is 8.43. The van der Waals surface area contributed by atoms with Gasteiger partial charge in [0, 0.05) is 16.3 Å². The highest BCUT2D eigenvalue weighted by molar-refractivity contribution is 7.07. The van der Waals surface area contributed by atoms with E-state index in [9.17, 15) is 14.0 Å². The standard InChI is InChI=1S/C35H24ClFN4O3S/c1-21-31(33(42)40-28-5-3-2-4-6-28)32(24-11-14-27(37)15-12-24)41-34(43)30(45-35(41)39-21)18-25-17-26(36)13-16-29(25)44-20-23-9-7-22(19-38)8-10-23/h2-18,32H,20H2,1H3,(H,40,42)/b30-18+/t32-/m1/s1. The molecule has 4 aromatic carbocycles. The van der Waals surface area contributed by atoms with Crippen LogP contribution in [0.3, 0.4) is 0 Å². The molecule has 0 spiro atoms. The molecule has 0 radical (unpaired) electrons. The summed E-state index contributed by atoms with van der Waals surface area (Å²) >= 11 is 7.52. The van der Waals surface area contributed by atoms with Gasteiger partial charge in [0.25, 0.3) is 11.5 Å².